The molecule has 7 nitrogen and oxygen atoms in total. The second kappa shape index (κ2) is 7.72. The van der Waals surface area contributed by atoms with Crippen molar-refractivity contribution in [2.24, 2.45) is 0 Å². The van der Waals surface area contributed by atoms with E-state index in [-0.39, 0.29) is 11.2 Å². The van der Waals surface area contributed by atoms with Crippen molar-refractivity contribution in [2.45, 2.75) is 39.2 Å². The number of Topliss-reactive ketones (excluding diaryl/α,β-unsaturated/α-hetero) is 1. The molecule has 0 fully saturated rings. The number of benzene rings is 2. The smallest absolute Gasteiger partial charge is 0.338 e. The lowest BCUT2D eigenvalue weighted by Crippen LogP contribution is -2.24. The highest BCUT2D eigenvalue weighted by Gasteiger charge is 2.22. The SMILES string of the molecule is CC(OC(=O)c1cccc(-n2cnnn2)c1)C(=O)c1ccc(C(C)(C)C)cc1. The van der Waals surface area contributed by atoms with Crippen LogP contribution in [0.5, 0.6) is 0 Å². The number of hydrogen-bond donors (Lipinski definition) is 0. The zero-order valence-electron chi connectivity index (χ0n) is 16.3. The minimum atomic E-state index is -0.898. The summed E-state index contributed by atoms with van der Waals surface area (Å²) < 4.78 is 6.81. The maximum absolute atomic E-state index is 12.6. The lowest BCUT2D eigenvalue weighted by atomic mass is 9.86. The van der Waals surface area contributed by atoms with Crippen LogP contribution < -0.4 is 0 Å². The van der Waals surface area contributed by atoms with E-state index in [2.05, 4.69) is 36.3 Å². The number of ether oxygens (including phenoxy) is 1. The monoisotopic (exact) mass is 378 g/mol. The molecule has 0 aliphatic rings. The molecular formula is C21H22N4O3. The molecule has 0 aliphatic carbocycles. The van der Waals surface area contributed by atoms with Crippen LogP contribution in [0.4, 0.5) is 0 Å². The van der Waals surface area contributed by atoms with E-state index in [4.69, 9.17) is 4.74 Å². The Balaban J connectivity index is 1.70. The summed E-state index contributed by atoms with van der Waals surface area (Å²) >= 11 is 0. The largest absolute Gasteiger partial charge is 0.451 e. The Bertz CT molecular complexity index is 974. The summed E-state index contributed by atoms with van der Waals surface area (Å²) in [6.45, 7) is 7.90. The molecule has 0 radical (unpaired) electrons. The molecule has 1 atom stereocenters. The molecule has 3 rings (SSSR count). The zero-order valence-corrected chi connectivity index (χ0v) is 16.3. The maximum atomic E-state index is 12.6. The Morgan fingerprint density at radius 3 is 2.36 bits per heavy atom. The summed E-state index contributed by atoms with van der Waals surface area (Å²) in [6.07, 6.45) is 0.530. The fraction of sp³-hybridized carbons (Fsp3) is 0.286. The van der Waals surface area contributed by atoms with Gasteiger partial charge in [0, 0.05) is 5.56 Å². The van der Waals surface area contributed by atoms with Gasteiger partial charge in [-0.15, -0.1) is 5.10 Å². The number of carbonyl (C=O) groups excluding carboxylic acids is 2. The number of rotatable bonds is 5. The topological polar surface area (TPSA) is 87.0 Å². The van der Waals surface area contributed by atoms with Gasteiger partial charge in [-0.2, -0.15) is 0 Å². The van der Waals surface area contributed by atoms with Crippen LogP contribution in [0.25, 0.3) is 5.69 Å². The second-order valence-electron chi connectivity index (χ2n) is 7.54. The highest BCUT2D eigenvalue weighted by atomic mass is 16.5. The number of carbonyl (C=O) groups is 2. The van der Waals surface area contributed by atoms with Gasteiger partial charge in [-0.3, -0.25) is 4.79 Å². The molecule has 144 valence electrons. The van der Waals surface area contributed by atoms with Crippen LogP contribution in [0.1, 0.15) is 54.0 Å². The molecule has 1 aromatic heterocycles. The van der Waals surface area contributed by atoms with Crippen molar-refractivity contribution in [3.8, 4) is 5.69 Å². The summed E-state index contributed by atoms with van der Waals surface area (Å²) in [5, 5.41) is 10.9. The first-order chi connectivity index (χ1) is 13.3. The van der Waals surface area contributed by atoms with Gasteiger partial charge >= 0.3 is 5.97 Å². The van der Waals surface area contributed by atoms with Gasteiger partial charge in [0.1, 0.15) is 6.33 Å². The van der Waals surface area contributed by atoms with Gasteiger partial charge in [0.15, 0.2) is 6.10 Å². The third-order valence-corrected chi connectivity index (χ3v) is 4.38. The predicted molar refractivity (Wildman–Crippen MR) is 104 cm³/mol. The molecule has 7 heteroatoms. The van der Waals surface area contributed by atoms with Gasteiger partial charge in [0.2, 0.25) is 5.78 Å². The maximum Gasteiger partial charge on any atom is 0.338 e. The summed E-state index contributed by atoms with van der Waals surface area (Å²) in [4.78, 5) is 25.1. The Morgan fingerprint density at radius 2 is 1.75 bits per heavy atom. The molecule has 28 heavy (non-hydrogen) atoms. The molecule has 0 N–H and O–H groups in total. The van der Waals surface area contributed by atoms with E-state index >= 15 is 0 Å². The minimum Gasteiger partial charge on any atom is -0.451 e. The molecule has 0 spiro atoms. The van der Waals surface area contributed by atoms with E-state index < -0.39 is 12.1 Å². The lowest BCUT2D eigenvalue weighted by Gasteiger charge is -2.19. The van der Waals surface area contributed by atoms with E-state index in [1.807, 2.05) is 12.1 Å². The van der Waals surface area contributed by atoms with Crippen LogP contribution in [0.15, 0.2) is 54.9 Å². The predicted octanol–water partition coefficient (Wildman–Crippen LogP) is 3.39. The average molecular weight is 378 g/mol. The highest BCUT2D eigenvalue weighted by molar-refractivity contribution is 6.01. The van der Waals surface area contributed by atoms with Crippen molar-refractivity contribution in [2.75, 3.05) is 0 Å². The molecule has 1 heterocycles. The lowest BCUT2D eigenvalue weighted by molar-refractivity contribution is 0.0319. The molecule has 0 bridgehead atoms. The number of tetrazole rings is 1. The summed E-state index contributed by atoms with van der Waals surface area (Å²) in [5.41, 5.74) is 2.58. The summed E-state index contributed by atoms with van der Waals surface area (Å²) in [6, 6.07) is 14.1. The Hall–Kier alpha value is -3.35. The molecular weight excluding hydrogens is 356 g/mol. The Kier molecular flexibility index (Phi) is 5.35. The summed E-state index contributed by atoms with van der Waals surface area (Å²) in [5.74, 6) is -0.826. The Labute approximate surface area is 163 Å². The van der Waals surface area contributed by atoms with Crippen LogP contribution >= 0.6 is 0 Å². The average Bonchev–Trinajstić information content (AvgIpc) is 3.21. The van der Waals surface area contributed by atoms with Crippen LogP contribution in [0.3, 0.4) is 0 Å². The van der Waals surface area contributed by atoms with Gasteiger partial charge in [-0.25, -0.2) is 9.48 Å². The van der Waals surface area contributed by atoms with Crippen molar-refractivity contribution in [3.63, 3.8) is 0 Å². The van der Waals surface area contributed by atoms with E-state index in [9.17, 15) is 9.59 Å². The first-order valence-electron chi connectivity index (χ1n) is 8.95. The number of aromatic nitrogens is 4. The number of esters is 1. The highest BCUT2D eigenvalue weighted by Crippen LogP contribution is 2.23. The minimum absolute atomic E-state index is 0.00426. The second-order valence-corrected chi connectivity index (χ2v) is 7.54. The number of ketones is 1. The van der Waals surface area contributed by atoms with Crippen molar-refractivity contribution in [1.82, 2.24) is 20.2 Å². The van der Waals surface area contributed by atoms with Gasteiger partial charge in [-0.1, -0.05) is 51.1 Å². The van der Waals surface area contributed by atoms with E-state index in [0.717, 1.165) is 5.56 Å². The molecule has 3 aromatic rings. The zero-order chi connectivity index (χ0) is 20.3. The van der Waals surface area contributed by atoms with Crippen molar-refractivity contribution >= 4 is 11.8 Å². The quantitative estimate of drug-likeness (QED) is 0.500. The third kappa shape index (κ3) is 4.31. The Morgan fingerprint density at radius 1 is 1.04 bits per heavy atom. The number of hydrogen-bond acceptors (Lipinski definition) is 6. The van der Waals surface area contributed by atoms with Crippen molar-refractivity contribution in [3.05, 3.63) is 71.5 Å². The first kappa shape index (κ1) is 19.4. The summed E-state index contributed by atoms with van der Waals surface area (Å²) in [7, 11) is 0. The fourth-order valence-electron chi connectivity index (χ4n) is 2.71. The van der Waals surface area contributed by atoms with Crippen LogP contribution in [-0.2, 0) is 10.2 Å². The normalized spacial score (nSPS) is 12.4. The van der Waals surface area contributed by atoms with Gasteiger partial charge < -0.3 is 4.74 Å². The van der Waals surface area contributed by atoms with E-state index in [1.54, 1.807) is 43.3 Å². The third-order valence-electron chi connectivity index (χ3n) is 4.38. The van der Waals surface area contributed by atoms with Gasteiger partial charge in [-0.05, 0) is 46.5 Å². The number of nitrogens with zero attached hydrogens (tertiary/aromatic N) is 4. The molecule has 0 saturated carbocycles. The van der Waals surface area contributed by atoms with Gasteiger partial charge in [0.05, 0.1) is 11.3 Å². The van der Waals surface area contributed by atoms with Crippen LogP contribution in [0, 0.1) is 0 Å². The van der Waals surface area contributed by atoms with Crippen LogP contribution in [-0.4, -0.2) is 38.1 Å². The molecule has 0 amide bonds. The van der Waals surface area contributed by atoms with E-state index in [0.29, 0.717) is 16.8 Å². The molecule has 2 aromatic carbocycles. The van der Waals surface area contributed by atoms with Gasteiger partial charge in [0.25, 0.3) is 0 Å². The van der Waals surface area contributed by atoms with Crippen LogP contribution in [0.2, 0.25) is 0 Å². The van der Waals surface area contributed by atoms with Crippen molar-refractivity contribution in [1.29, 1.82) is 0 Å². The molecule has 1 unspecified atom stereocenters. The first-order valence-corrected chi connectivity index (χ1v) is 8.95. The standard InChI is InChI=1S/C21H22N4O3/c1-14(19(26)15-8-10-17(11-9-15)21(2,3)4)28-20(27)16-6-5-7-18(12-16)25-13-22-23-24-25/h5-14H,1-4H3. The molecule has 0 saturated heterocycles. The molecule has 0 aliphatic heterocycles. The fourth-order valence-corrected chi connectivity index (χ4v) is 2.71. The van der Waals surface area contributed by atoms with Crippen molar-refractivity contribution < 1.29 is 14.3 Å². The van der Waals surface area contributed by atoms with E-state index in [1.165, 1.54) is 11.0 Å².